The van der Waals surface area contributed by atoms with Crippen molar-refractivity contribution in [3.05, 3.63) is 57.2 Å². The Balaban J connectivity index is 1.67. The zero-order valence-corrected chi connectivity index (χ0v) is 26.7. The Bertz CT molecular complexity index is 1460. The van der Waals surface area contributed by atoms with Crippen molar-refractivity contribution < 1.29 is 28.7 Å². The molecular weight excluding hydrogens is 578 g/mol. The third kappa shape index (κ3) is 7.77. The van der Waals surface area contributed by atoms with Gasteiger partial charge in [-0.2, -0.15) is 0 Å². The molecule has 1 atom stereocenters. The highest BCUT2D eigenvalue weighted by Crippen LogP contribution is 2.35. The second kappa shape index (κ2) is 14.0. The van der Waals surface area contributed by atoms with Crippen LogP contribution in [0.2, 0.25) is 0 Å². The molecule has 0 radical (unpaired) electrons. The monoisotopic (exact) mass is 615 g/mol. The molecule has 0 aliphatic heterocycles. The van der Waals surface area contributed by atoms with Gasteiger partial charge in [0.1, 0.15) is 9.88 Å². The smallest absolute Gasteiger partial charge is 0.348 e. The maximum atomic E-state index is 13.1. The largest absolute Gasteiger partial charge is 0.462 e. The summed E-state index contributed by atoms with van der Waals surface area (Å²) in [5, 5.41) is 14.0. The number of carbonyl (C=O) groups is 4. The predicted octanol–water partition coefficient (Wildman–Crippen LogP) is 4.89. The molecule has 0 aliphatic carbocycles. The Morgan fingerprint density at radius 3 is 2.24 bits per heavy atom. The molecule has 13 heteroatoms. The van der Waals surface area contributed by atoms with Gasteiger partial charge in [-0.25, -0.2) is 9.59 Å². The maximum Gasteiger partial charge on any atom is 0.348 e. The summed E-state index contributed by atoms with van der Waals surface area (Å²) in [4.78, 5) is 51.1. The molecule has 1 unspecified atom stereocenters. The third-order valence-electron chi connectivity index (χ3n) is 6.32. The first-order chi connectivity index (χ1) is 19.8. The van der Waals surface area contributed by atoms with Crippen LogP contribution >= 0.6 is 23.1 Å². The Hall–Kier alpha value is -3.71. The van der Waals surface area contributed by atoms with Crippen LogP contribution < -0.4 is 10.6 Å². The summed E-state index contributed by atoms with van der Waals surface area (Å²) < 4.78 is 12.0. The number of hydrogen-bond acceptors (Lipinski definition) is 10. The lowest BCUT2D eigenvalue weighted by atomic mass is 9.87. The minimum Gasteiger partial charge on any atom is -0.462 e. The van der Waals surface area contributed by atoms with Gasteiger partial charge in [0.2, 0.25) is 5.91 Å². The van der Waals surface area contributed by atoms with Crippen molar-refractivity contribution in [2.24, 2.45) is 7.05 Å². The highest BCUT2D eigenvalue weighted by molar-refractivity contribution is 8.00. The van der Waals surface area contributed by atoms with Crippen molar-refractivity contribution >= 4 is 51.9 Å². The van der Waals surface area contributed by atoms with Gasteiger partial charge in [-0.3, -0.25) is 9.59 Å². The highest BCUT2D eigenvalue weighted by atomic mass is 32.2. The fourth-order valence-corrected chi connectivity index (χ4v) is 5.78. The van der Waals surface area contributed by atoms with Crippen LogP contribution in [0.25, 0.3) is 0 Å². The van der Waals surface area contributed by atoms with Gasteiger partial charge >= 0.3 is 11.9 Å². The van der Waals surface area contributed by atoms with Gasteiger partial charge in [0.25, 0.3) is 5.91 Å². The molecule has 0 aliphatic rings. The Morgan fingerprint density at radius 1 is 1.02 bits per heavy atom. The summed E-state index contributed by atoms with van der Waals surface area (Å²) in [5.41, 5.74) is 2.19. The van der Waals surface area contributed by atoms with Crippen molar-refractivity contribution in [3.63, 3.8) is 0 Å². The van der Waals surface area contributed by atoms with Gasteiger partial charge in [-0.05, 0) is 56.4 Å². The molecule has 0 spiro atoms. The number of thiophene rings is 1. The van der Waals surface area contributed by atoms with Gasteiger partial charge in [-0.1, -0.05) is 44.7 Å². The van der Waals surface area contributed by atoms with Crippen LogP contribution in [0.5, 0.6) is 0 Å². The van der Waals surface area contributed by atoms with Gasteiger partial charge in [0.05, 0.1) is 30.6 Å². The summed E-state index contributed by atoms with van der Waals surface area (Å²) in [6.07, 6.45) is 0. The van der Waals surface area contributed by atoms with E-state index in [0.29, 0.717) is 22.1 Å². The molecule has 2 aromatic heterocycles. The lowest BCUT2D eigenvalue weighted by Gasteiger charge is -2.19. The lowest BCUT2D eigenvalue weighted by molar-refractivity contribution is -0.115. The van der Waals surface area contributed by atoms with Crippen molar-refractivity contribution in [2.75, 3.05) is 18.5 Å². The number of esters is 2. The first kappa shape index (κ1) is 32.8. The quantitative estimate of drug-likeness (QED) is 0.228. The lowest BCUT2D eigenvalue weighted by Crippen LogP contribution is -2.25. The molecule has 0 saturated heterocycles. The van der Waals surface area contributed by atoms with Crippen molar-refractivity contribution in [3.8, 4) is 0 Å². The van der Waals surface area contributed by atoms with Crippen molar-refractivity contribution in [1.82, 2.24) is 20.1 Å². The van der Waals surface area contributed by atoms with Crippen molar-refractivity contribution in [1.29, 1.82) is 0 Å². The second-order valence-corrected chi connectivity index (χ2v) is 12.7. The van der Waals surface area contributed by atoms with Crippen LogP contribution in [0, 0.1) is 6.92 Å². The number of ether oxygens (including phenoxy) is 2. The van der Waals surface area contributed by atoms with Crippen molar-refractivity contribution in [2.45, 2.75) is 70.8 Å². The molecule has 2 N–H and O–H groups in total. The highest BCUT2D eigenvalue weighted by Gasteiger charge is 2.29. The molecule has 2 amide bonds. The van der Waals surface area contributed by atoms with Gasteiger partial charge in [-0.15, -0.1) is 21.5 Å². The molecule has 11 nitrogen and oxygen atoms in total. The Labute approximate surface area is 253 Å². The Morgan fingerprint density at radius 2 is 1.64 bits per heavy atom. The second-order valence-electron chi connectivity index (χ2n) is 10.4. The van der Waals surface area contributed by atoms with E-state index in [2.05, 4.69) is 41.6 Å². The molecule has 1 aromatic carbocycles. The van der Waals surface area contributed by atoms with E-state index in [9.17, 15) is 19.2 Å². The summed E-state index contributed by atoms with van der Waals surface area (Å²) in [5.74, 6) is -1.33. The van der Waals surface area contributed by atoms with E-state index < -0.39 is 23.1 Å². The maximum absolute atomic E-state index is 13.1. The first-order valence-corrected chi connectivity index (χ1v) is 15.2. The van der Waals surface area contributed by atoms with Crippen LogP contribution in [-0.2, 0) is 33.3 Å². The number of nitrogens with zero attached hydrogens (tertiary/aromatic N) is 3. The minimum atomic E-state index is -0.639. The Kier molecular flexibility index (Phi) is 10.9. The van der Waals surface area contributed by atoms with E-state index in [-0.39, 0.29) is 46.5 Å². The molecule has 0 bridgehead atoms. The summed E-state index contributed by atoms with van der Waals surface area (Å²) >= 11 is 2.13. The minimum absolute atomic E-state index is 0.00672. The van der Waals surface area contributed by atoms with E-state index >= 15 is 0 Å². The SMILES string of the molecule is CCOC(=O)c1sc(NC(=O)C(C)Sc2nnc(CNC(=O)c3ccc(C(C)(C)C)cc3)n2C)c(C(=O)OCC)c1C. The third-order valence-corrected chi connectivity index (χ3v) is 8.64. The molecule has 3 rings (SSSR count). The number of benzene rings is 1. The number of aromatic nitrogens is 3. The summed E-state index contributed by atoms with van der Waals surface area (Å²) in [6.45, 7) is 13.5. The average molecular weight is 616 g/mol. The van der Waals surface area contributed by atoms with E-state index in [1.165, 1.54) is 0 Å². The topological polar surface area (TPSA) is 142 Å². The molecule has 0 saturated carbocycles. The van der Waals surface area contributed by atoms with Gasteiger partial charge < -0.3 is 24.7 Å². The predicted molar refractivity (Wildman–Crippen MR) is 162 cm³/mol. The fourth-order valence-electron chi connectivity index (χ4n) is 3.85. The molecule has 42 heavy (non-hydrogen) atoms. The van der Waals surface area contributed by atoms with Crippen LogP contribution in [0.15, 0.2) is 29.4 Å². The standard InChI is InChI=1S/C29H37N5O6S2/c1-9-39-26(37)21-16(3)22(27(38)40-10-2)42-25(21)31-23(35)17(4)41-28-33-32-20(34(28)8)15-30-24(36)18-11-13-19(14-12-18)29(5,6)7/h11-14,17H,9-10,15H2,1-8H3,(H,30,36)(H,31,35). The normalized spacial score (nSPS) is 12.0. The molecule has 3 aromatic rings. The molecule has 226 valence electrons. The number of carbonyl (C=O) groups excluding carboxylic acids is 4. The fraction of sp³-hybridized carbons (Fsp3) is 0.448. The number of nitrogens with one attached hydrogen (secondary N) is 2. The first-order valence-electron chi connectivity index (χ1n) is 13.5. The van der Waals surface area contributed by atoms with Gasteiger partial charge in [0, 0.05) is 12.6 Å². The van der Waals surface area contributed by atoms with E-state index in [1.807, 2.05) is 12.1 Å². The van der Waals surface area contributed by atoms with Crippen LogP contribution in [0.1, 0.15) is 88.9 Å². The van der Waals surface area contributed by atoms with E-state index in [0.717, 1.165) is 28.7 Å². The van der Waals surface area contributed by atoms with E-state index in [4.69, 9.17) is 9.47 Å². The van der Waals surface area contributed by atoms with E-state index in [1.54, 1.807) is 51.4 Å². The van der Waals surface area contributed by atoms with Gasteiger partial charge in [0.15, 0.2) is 11.0 Å². The average Bonchev–Trinajstić information content (AvgIpc) is 3.45. The number of anilines is 1. The number of thioether (sulfide) groups is 1. The number of rotatable bonds is 11. The zero-order chi connectivity index (χ0) is 31.2. The van der Waals surface area contributed by atoms with Crippen LogP contribution in [0.3, 0.4) is 0 Å². The number of hydrogen-bond donors (Lipinski definition) is 2. The summed E-state index contributed by atoms with van der Waals surface area (Å²) in [6, 6.07) is 7.49. The number of amides is 2. The molecular formula is C29H37N5O6S2. The molecule has 2 heterocycles. The van der Waals surface area contributed by atoms with Crippen LogP contribution in [0.4, 0.5) is 5.00 Å². The zero-order valence-electron chi connectivity index (χ0n) is 25.1. The summed E-state index contributed by atoms with van der Waals surface area (Å²) in [7, 11) is 1.75. The molecule has 0 fully saturated rings. The van der Waals surface area contributed by atoms with Crippen LogP contribution in [-0.4, -0.2) is 57.0 Å².